The van der Waals surface area contributed by atoms with Gasteiger partial charge in [-0.25, -0.2) is 4.39 Å². The predicted molar refractivity (Wildman–Crippen MR) is 53.0 cm³/mol. The second kappa shape index (κ2) is 3.38. The van der Waals surface area contributed by atoms with Gasteiger partial charge in [-0.05, 0) is 11.6 Å². The summed E-state index contributed by atoms with van der Waals surface area (Å²) in [6, 6.07) is 2.83. The Morgan fingerprint density at radius 3 is 3.00 bits per heavy atom. The van der Waals surface area contributed by atoms with Crippen LogP contribution in [0.5, 0.6) is 5.75 Å². The Kier molecular flexibility index (Phi) is 2.19. The molecule has 0 fully saturated rings. The van der Waals surface area contributed by atoms with Crippen LogP contribution in [0.25, 0.3) is 0 Å². The van der Waals surface area contributed by atoms with Crippen molar-refractivity contribution in [1.82, 2.24) is 4.90 Å². The first-order valence-corrected chi connectivity index (χ1v) is 4.55. The molecule has 1 aromatic carbocycles. The number of fused-ring (bicyclic) bond motifs is 1. The van der Waals surface area contributed by atoms with Gasteiger partial charge < -0.3 is 10.0 Å². The fraction of sp³-hybridized carbons (Fsp3) is 0.182. The second-order valence-electron chi connectivity index (χ2n) is 3.41. The standard InChI is InChI=1S/C11H10FNO2/c1-2-5-13-6-7-3-4-8(14)10(12)9(7)11(13)15/h2-4,14H,1,5-6H2. The van der Waals surface area contributed by atoms with Gasteiger partial charge in [0.05, 0.1) is 5.56 Å². The Labute approximate surface area is 86.4 Å². The van der Waals surface area contributed by atoms with Gasteiger partial charge in [-0.3, -0.25) is 4.79 Å². The number of carbonyl (C=O) groups is 1. The van der Waals surface area contributed by atoms with Crippen molar-refractivity contribution in [3.8, 4) is 5.75 Å². The second-order valence-corrected chi connectivity index (χ2v) is 3.41. The summed E-state index contributed by atoms with van der Waals surface area (Å²) in [5.74, 6) is -1.70. The fourth-order valence-corrected chi connectivity index (χ4v) is 1.71. The lowest BCUT2D eigenvalue weighted by molar-refractivity contribution is 0.0792. The lowest BCUT2D eigenvalue weighted by Gasteiger charge is -2.11. The first kappa shape index (κ1) is 9.71. The van der Waals surface area contributed by atoms with E-state index in [9.17, 15) is 9.18 Å². The summed E-state index contributed by atoms with van der Waals surface area (Å²) in [5.41, 5.74) is 0.592. The predicted octanol–water partition coefficient (Wildman–Crippen LogP) is 1.67. The van der Waals surface area contributed by atoms with Gasteiger partial charge in [-0.2, -0.15) is 0 Å². The van der Waals surface area contributed by atoms with Gasteiger partial charge in [-0.15, -0.1) is 6.58 Å². The van der Waals surface area contributed by atoms with E-state index in [-0.39, 0.29) is 5.56 Å². The van der Waals surface area contributed by atoms with Gasteiger partial charge in [-0.1, -0.05) is 12.1 Å². The summed E-state index contributed by atoms with van der Waals surface area (Å²) < 4.78 is 13.4. The highest BCUT2D eigenvalue weighted by Crippen LogP contribution is 2.29. The van der Waals surface area contributed by atoms with Crippen LogP contribution < -0.4 is 0 Å². The molecule has 3 nitrogen and oxygen atoms in total. The number of aromatic hydroxyl groups is 1. The lowest BCUT2D eigenvalue weighted by atomic mass is 10.1. The minimum atomic E-state index is -0.830. The number of carbonyl (C=O) groups excluding carboxylic acids is 1. The molecule has 1 aliphatic heterocycles. The molecule has 0 saturated heterocycles. The topological polar surface area (TPSA) is 40.5 Å². The molecule has 0 bridgehead atoms. The number of benzene rings is 1. The van der Waals surface area contributed by atoms with E-state index in [1.807, 2.05) is 0 Å². The Hall–Kier alpha value is -1.84. The SMILES string of the molecule is C=CCN1Cc2ccc(O)c(F)c2C1=O. The molecule has 1 amide bonds. The molecule has 0 unspecified atom stereocenters. The van der Waals surface area contributed by atoms with Crippen LogP contribution in [0.3, 0.4) is 0 Å². The lowest BCUT2D eigenvalue weighted by Crippen LogP contribution is -2.24. The molecule has 1 aromatic rings. The largest absolute Gasteiger partial charge is 0.505 e. The van der Waals surface area contributed by atoms with Crippen LogP contribution in [0.15, 0.2) is 24.8 Å². The molecule has 0 atom stereocenters. The quantitative estimate of drug-likeness (QED) is 0.749. The molecule has 1 heterocycles. The van der Waals surface area contributed by atoms with Crippen molar-refractivity contribution < 1.29 is 14.3 Å². The van der Waals surface area contributed by atoms with Crippen LogP contribution in [-0.2, 0) is 6.54 Å². The Morgan fingerprint density at radius 1 is 1.60 bits per heavy atom. The van der Waals surface area contributed by atoms with Crippen LogP contribution >= 0.6 is 0 Å². The Bertz CT molecular complexity index is 442. The number of phenolic OH excluding ortho intramolecular Hbond substituents is 1. The summed E-state index contributed by atoms with van der Waals surface area (Å²) in [5, 5.41) is 9.15. The molecule has 1 N–H and O–H groups in total. The van der Waals surface area contributed by atoms with Crippen molar-refractivity contribution in [1.29, 1.82) is 0 Å². The monoisotopic (exact) mass is 207 g/mol. The van der Waals surface area contributed by atoms with E-state index in [1.165, 1.54) is 11.0 Å². The van der Waals surface area contributed by atoms with E-state index in [0.717, 1.165) is 0 Å². The molecular formula is C11H10FNO2. The van der Waals surface area contributed by atoms with Crippen LogP contribution in [0.2, 0.25) is 0 Å². The van der Waals surface area contributed by atoms with Gasteiger partial charge in [0.15, 0.2) is 11.6 Å². The van der Waals surface area contributed by atoms with Crippen molar-refractivity contribution >= 4 is 5.91 Å². The molecule has 2 rings (SSSR count). The zero-order valence-corrected chi connectivity index (χ0v) is 8.03. The normalized spacial score (nSPS) is 14.2. The molecule has 0 radical (unpaired) electrons. The van der Waals surface area contributed by atoms with Crippen molar-refractivity contribution in [3.63, 3.8) is 0 Å². The molecule has 4 heteroatoms. The average Bonchev–Trinajstić information content (AvgIpc) is 2.52. The molecular weight excluding hydrogens is 197 g/mol. The van der Waals surface area contributed by atoms with Gasteiger partial charge in [0.1, 0.15) is 0 Å². The van der Waals surface area contributed by atoms with Crippen molar-refractivity contribution in [2.24, 2.45) is 0 Å². The number of amides is 1. The zero-order chi connectivity index (χ0) is 11.0. The zero-order valence-electron chi connectivity index (χ0n) is 8.03. The van der Waals surface area contributed by atoms with E-state index in [0.29, 0.717) is 18.7 Å². The fourth-order valence-electron chi connectivity index (χ4n) is 1.71. The van der Waals surface area contributed by atoms with Gasteiger partial charge in [0.25, 0.3) is 5.91 Å². The van der Waals surface area contributed by atoms with E-state index < -0.39 is 17.5 Å². The Balaban J connectivity index is 2.46. The van der Waals surface area contributed by atoms with E-state index in [2.05, 4.69) is 6.58 Å². The average molecular weight is 207 g/mol. The van der Waals surface area contributed by atoms with Crippen LogP contribution in [0.4, 0.5) is 4.39 Å². The highest BCUT2D eigenvalue weighted by Gasteiger charge is 2.30. The van der Waals surface area contributed by atoms with E-state index in [4.69, 9.17) is 5.11 Å². The van der Waals surface area contributed by atoms with Crippen molar-refractivity contribution in [3.05, 3.63) is 41.7 Å². The first-order chi connectivity index (χ1) is 7.15. The molecule has 78 valence electrons. The van der Waals surface area contributed by atoms with E-state index in [1.54, 1.807) is 12.1 Å². The summed E-state index contributed by atoms with van der Waals surface area (Å²) in [7, 11) is 0. The minimum absolute atomic E-state index is 0.0168. The molecule has 0 aliphatic carbocycles. The maximum absolute atomic E-state index is 13.4. The molecule has 0 spiro atoms. The number of halogens is 1. The third-order valence-corrected chi connectivity index (χ3v) is 2.42. The first-order valence-electron chi connectivity index (χ1n) is 4.55. The van der Waals surface area contributed by atoms with Crippen LogP contribution in [-0.4, -0.2) is 22.5 Å². The summed E-state index contributed by atoms with van der Waals surface area (Å²) in [6.07, 6.45) is 1.58. The third kappa shape index (κ3) is 1.38. The summed E-state index contributed by atoms with van der Waals surface area (Å²) in [4.78, 5) is 13.2. The Morgan fingerprint density at radius 2 is 2.33 bits per heavy atom. The van der Waals surface area contributed by atoms with Gasteiger partial charge in [0, 0.05) is 13.1 Å². The number of hydrogen-bond acceptors (Lipinski definition) is 2. The molecule has 0 saturated carbocycles. The molecule has 0 aromatic heterocycles. The van der Waals surface area contributed by atoms with Gasteiger partial charge in [0.2, 0.25) is 0 Å². The maximum Gasteiger partial charge on any atom is 0.257 e. The number of rotatable bonds is 2. The third-order valence-electron chi connectivity index (χ3n) is 2.42. The van der Waals surface area contributed by atoms with Crippen molar-refractivity contribution in [2.45, 2.75) is 6.54 Å². The maximum atomic E-state index is 13.4. The van der Waals surface area contributed by atoms with Crippen LogP contribution in [0.1, 0.15) is 15.9 Å². The minimum Gasteiger partial charge on any atom is -0.505 e. The number of nitrogens with zero attached hydrogens (tertiary/aromatic N) is 1. The summed E-state index contributed by atoms with van der Waals surface area (Å²) in [6.45, 7) is 4.28. The highest BCUT2D eigenvalue weighted by atomic mass is 19.1. The number of hydrogen-bond donors (Lipinski definition) is 1. The van der Waals surface area contributed by atoms with Crippen LogP contribution in [0, 0.1) is 5.82 Å². The summed E-state index contributed by atoms with van der Waals surface area (Å²) >= 11 is 0. The molecule has 15 heavy (non-hydrogen) atoms. The highest BCUT2D eigenvalue weighted by molar-refractivity contribution is 5.99. The van der Waals surface area contributed by atoms with Gasteiger partial charge >= 0.3 is 0 Å². The molecule has 1 aliphatic rings. The van der Waals surface area contributed by atoms with E-state index >= 15 is 0 Å². The number of phenols is 1. The smallest absolute Gasteiger partial charge is 0.257 e. The van der Waals surface area contributed by atoms with Crippen molar-refractivity contribution in [2.75, 3.05) is 6.54 Å².